The van der Waals surface area contributed by atoms with Crippen molar-refractivity contribution in [1.29, 1.82) is 0 Å². The molecule has 0 bridgehead atoms. The van der Waals surface area contributed by atoms with Gasteiger partial charge in [0.2, 0.25) is 5.91 Å². The van der Waals surface area contributed by atoms with Gasteiger partial charge in [0.05, 0.1) is 6.61 Å². The van der Waals surface area contributed by atoms with Gasteiger partial charge in [-0.25, -0.2) is 4.79 Å². The van der Waals surface area contributed by atoms with E-state index in [1.165, 1.54) is 0 Å². The van der Waals surface area contributed by atoms with E-state index < -0.39 is 6.04 Å². The van der Waals surface area contributed by atoms with Gasteiger partial charge < -0.3 is 15.4 Å². The molecule has 1 amide bonds. The van der Waals surface area contributed by atoms with Crippen LogP contribution in [0.5, 0.6) is 0 Å². The first-order valence-corrected chi connectivity index (χ1v) is 6.30. The summed E-state index contributed by atoms with van der Waals surface area (Å²) >= 11 is 0. The Bertz CT molecular complexity index is 262. The molecule has 1 fully saturated rings. The van der Waals surface area contributed by atoms with E-state index >= 15 is 0 Å². The van der Waals surface area contributed by atoms with Crippen molar-refractivity contribution in [1.82, 2.24) is 10.6 Å². The lowest BCUT2D eigenvalue weighted by atomic mass is 9.96. The van der Waals surface area contributed by atoms with Crippen LogP contribution in [0.1, 0.15) is 33.1 Å². The Kier molecular flexibility index (Phi) is 5.97. The van der Waals surface area contributed by atoms with Gasteiger partial charge in [-0.2, -0.15) is 0 Å². The summed E-state index contributed by atoms with van der Waals surface area (Å²) in [5.41, 5.74) is 0. The Balaban J connectivity index is 2.25. The van der Waals surface area contributed by atoms with Crippen LogP contribution in [-0.4, -0.2) is 37.6 Å². The number of amides is 1. The van der Waals surface area contributed by atoms with E-state index in [9.17, 15) is 9.59 Å². The highest BCUT2D eigenvalue weighted by molar-refractivity contribution is 5.84. The summed E-state index contributed by atoms with van der Waals surface area (Å²) in [6.07, 6.45) is 2.68. The highest BCUT2D eigenvalue weighted by Crippen LogP contribution is 2.13. The lowest BCUT2D eigenvalue weighted by Crippen LogP contribution is -2.41. The van der Waals surface area contributed by atoms with Gasteiger partial charge in [-0.05, 0) is 45.7 Å². The van der Waals surface area contributed by atoms with Crippen LogP contribution < -0.4 is 10.6 Å². The summed E-state index contributed by atoms with van der Waals surface area (Å²) in [6, 6.07) is -0.556. The molecule has 0 aromatic heterocycles. The summed E-state index contributed by atoms with van der Waals surface area (Å²) in [5, 5.41) is 5.94. The third-order valence-electron chi connectivity index (χ3n) is 2.89. The second-order valence-electron chi connectivity index (χ2n) is 4.46. The predicted octanol–water partition coefficient (Wildman–Crippen LogP) is 0.444. The van der Waals surface area contributed by atoms with E-state index in [2.05, 4.69) is 10.6 Å². The fourth-order valence-electron chi connectivity index (χ4n) is 1.99. The molecular formula is C12H22N2O3. The standard InChI is InChI=1S/C12H22N2O3/c1-3-17-12(16)9(2)14-11(15)7-10-5-4-6-13-8-10/h9-10,13H,3-8H2,1-2H3,(H,14,15). The van der Waals surface area contributed by atoms with E-state index in [1.807, 2.05) is 0 Å². The molecule has 0 aromatic carbocycles. The van der Waals surface area contributed by atoms with Gasteiger partial charge in [-0.3, -0.25) is 4.79 Å². The Morgan fingerprint density at radius 2 is 2.29 bits per heavy atom. The van der Waals surface area contributed by atoms with Crippen molar-refractivity contribution in [3.8, 4) is 0 Å². The van der Waals surface area contributed by atoms with Crippen LogP contribution in [0.3, 0.4) is 0 Å². The van der Waals surface area contributed by atoms with Crippen molar-refractivity contribution in [2.24, 2.45) is 5.92 Å². The number of piperidine rings is 1. The van der Waals surface area contributed by atoms with Gasteiger partial charge in [0.25, 0.3) is 0 Å². The molecule has 0 aromatic rings. The molecule has 1 aliphatic heterocycles. The maximum atomic E-state index is 11.7. The second-order valence-corrected chi connectivity index (χ2v) is 4.46. The highest BCUT2D eigenvalue weighted by atomic mass is 16.5. The van der Waals surface area contributed by atoms with Crippen LogP contribution in [0.25, 0.3) is 0 Å². The van der Waals surface area contributed by atoms with Gasteiger partial charge in [0, 0.05) is 6.42 Å². The molecule has 0 radical (unpaired) electrons. The molecule has 5 heteroatoms. The van der Waals surface area contributed by atoms with Crippen LogP contribution in [-0.2, 0) is 14.3 Å². The zero-order chi connectivity index (χ0) is 12.7. The number of nitrogens with one attached hydrogen (secondary N) is 2. The minimum absolute atomic E-state index is 0.0701. The van der Waals surface area contributed by atoms with Crippen molar-refractivity contribution in [3.05, 3.63) is 0 Å². The molecule has 1 rings (SSSR count). The zero-order valence-electron chi connectivity index (χ0n) is 10.6. The SMILES string of the molecule is CCOC(=O)C(C)NC(=O)CC1CCCNC1. The molecule has 1 aliphatic rings. The number of ether oxygens (including phenoxy) is 1. The van der Waals surface area contributed by atoms with Crippen LogP contribution in [0, 0.1) is 5.92 Å². The van der Waals surface area contributed by atoms with Crippen molar-refractivity contribution < 1.29 is 14.3 Å². The lowest BCUT2D eigenvalue weighted by molar-refractivity contribution is -0.147. The van der Waals surface area contributed by atoms with Crippen molar-refractivity contribution in [3.63, 3.8) is 0 Å². The first-order valence-electron chi connectivity index (χ1n) is 6.30. The molecule has 2 atom stereocenters. The maximum Gasteiger partial charge on any atom is 0.328 e. The van der Waals surface area contributed by atoms with Gasteiger partial charge in [0.15, 0.2) is 0 Å². The zero-order valence-corrected chi connectivity index (χ0v) is 10.6. The van der Waals surface area contributed by atoms with E-state index in [0.29, 0.717) is 18.9 Å². The Labute approximate surface area is 102 Å². The Morgan fingerprint density at radius 3 is 2.88 bits per heavy atom. The molecule has 2 unspecified atom stereocenters. The smallest absolute Gasteiger partial charge is 0.328 e. The third kappa shape index (κ3) is 5.17. The first-order chi connectivity index (χ1) is 8.13. The molecule has 1 heterocycles. The van der Waals surface area contributed by atoms with Crippen molar-refractivity contribution >= 4 is 11.9 Å². The maximum absolute atomic E-state index is 11.7. The Hall–Kier alpha value is -1.10. The minimum atomic E-state index is -0.556. The summed E-state index contributed by atoms with van der Waals surface area (Å²) < 4.78 is 4.83. The molecular weight excluding hydrogens is 220 g/mol. The van der Waals surface area contributed by atoms with Crippen LogP contribution in [0.2, 0.25) is 0 Å². The van der Waals surface area contributed by atoms with E-state index in [-0.39, 0.29) is 11.9 Å². The average molecular weight is 242 g/mol. The monoisotopic (exact) mass is 242 g/mol. The third-order valence-corrected chi connectivity index (χ3v) is 2.89. The second kappa shape index (κ2) is 7.27. The summed E-state index contributed by atoms with van der Waals surface area (Å²) in [7, 11) is 0. The van der Waals surface area contributed by atoms with Gasteiger partial charge >= 0.3 is 5.97 Å². The highest BCUT2D eigenvalue weighted by Gasteiger charge is 2.20. The van der Waals surface area contributed by atoms with Gasteiger partial charge in [-0.1, -0.05) is 0 Å². The first kappa shape index (κ1) is 14.0. The van der Waals surface area contributed by atoms with Gasteiger partial charge in [-0.15, -0.1) is 0 Å². The summed E-state index contributed by atoms with van der Waals surface area (Å²) in [5.74, 6) is -0.0555. The topological polar surface area (TPSA) is 67.4 Å². The molecule has 2 N–H and O–H groups in total. The molecule has 0 spiro atoms. The van der Waals surface area contributed by atoms with Crippen LogP contribution >= 0.6 is 0 Å². The molecule has 1 saturated heterocycles. The number of hydrogen-bond acceptors (Lipinski definition) is 4. The lowest BCUT2D eigenvalue weighted by Gasteiger charge is -2.22. The van der Waals surface area contributed by atoms with E-state index in [1.54, 1.807) is 13.8 Å². The minimum Gasteiger partial charge on any atom is -0.464 e. The van der Waals surface area contributed by atoms with Crippen molar-refractivity contribution in [2.75, 3.05) is 19.7 Å². The summed E-state index contributed by atoms with van der Waals surface area (Å²) in [6.45, 7) is 5.67. The number of hydrogen-bond donors (Lipinski definition) is 2. The van der Waals surface area contributed by atoms with Crippen molar-refractivity contribution in [2.45, 2.75) is 39.2 Å². The quantitative estimate of drug-likeness (QED) is 0.687. The number of carbonyl (C=O) groups excluding carboxylic acids is 2. The molecule has 0 aliphatic carbocycles. The molecule has 5 nitrogen and oxygen atoms in total. The molecule has 17 heavy (non-hydrogen) atoms. The van der Waals surface area contributed by atoms with Gasteiger partial charge in [0.1, 0.15) is 6.04 Å². The normalized spacial score (nSPS) is 21.6. The van der Waals surface area contributed by atoms with E-state index in [4.69, 9.17) is 4.74 Å². The largest absolute Gasteiger partial charge is 0.464 e. The molecule has 98 valence electrons. The Morgan fingerprint density at radius 1 is 1.53 bits per heavy atom. The molecule has 0 saturated carbocycles. The fourth-order valence-corrected chi connectivity index (χ4v) is 1.99. The average Bonchev–Trinajstić information content (AvgIpc) is 2.30. The number of carbonyl (C=O) groups is 2. The van der Waals surface area contributed by atoms with E-state index in [0.717, 1.165) is 25.9 Å². The summed E-state index contributed by atoms with van der Waals surface area (Å²) in [4.78, 5) is 23.0. The number of rotatable bonds is 5. The van der Waals surface area contributed by atoms with Crippen LogP contribution in [0.4, 0.5) is 0 Å². The predicted molar refractivity (Wildman–Crippen MR) is 64.4 cm³/mol. The fraction of sp³-hybridized carbons (Fsp3) is 0.833. The van der Waals surface area contributed by atoms with Crippen LogP contribution in [0.15, 0.2) is 0 Å². The number of esters is 1.